The van der Waals surface area contributed by atoms with E-state index in [4.69, 9.17) is 22.4 Å². The van der Waals surface area contributed by atoms with E-state index in [0.717, 1.165) is 33.3 Å². The van der Waals surface area contributed by atoms with Crippen molar-refractivity contribution < 1.29 is 0 Å². The molecule has 6 nitrogen and oxygen atoms in total. The molecule has 0 fully saturated rings. The summed E-state index contributed by atoms with van der Waals surface area (Å²) in [6.07, 6.45) is 2.66. The van der Waals surface area contributed by atoms with Crippen molar-refractivity contribution in [1.29, 1.82) is 0 Å². The fraction of sp³-hybridized carbons (Fsp3) is 0.150. The smallest absolute Gasteiger partial charge is 0.212 e. The summed E-state index contributed by atoms with van der Waals surface area (Å²) in [5.41, 5.74) is 10.8. The Kier molecular flexibility index (Phi) is 4.43. The summed E-state index contributed by atoms with van der Waals surface area (Å²) >= 11 is 7.61. The van der Waals surface area contributed by atoms with Gasteiger partial charge in [-0.3, -0.25) is 0 Å². The summed E-state index contributed by atoms with van der Waals surface area (Å²) in [5.74, 6) is 1.40. The molecule has 0 bridgehead atoms. The van der Waals surface area contributed by atoms with Crippen molar-refractivity contribution in [3.8, 4) is 0 Å². The van der Waals surface area contributed by atoms with Crippen LogP contribution in [0.3, 0.4) is 0 Å². The summed E-state index contributed by atoms with van der Waals surface area (Å²) in [4.78, 5) is 3.29. The minimum atomic E-state index is -0.311. The summed E-state index contributed by atoms with van der Waals surface area (Å²) in [6, 6.07) is 15.6. The number of hydrogen-bond donors (Lipinski definition) is 2. The van der Waals surface area contributed by atoms with Crippen molar-refractivity contribution in [3.05, 3.63) is 76.7 Å². The highest BCUT2D eigenvalue weighted by molar-refractivity contribution is 7.99. The molecule has 140 valence electrons. The molecule has 1 atom stereocenters. The van der Waals surface area contributed by atoms with Gasteiger partial charge in [0.15, 0.2) is 5.82 Å². The minimum Gasteiger partial charge on any atom is -0.361 e. The number of thioether (sulfide) groups is 1. The number of aromatic nitrogens is 4. The third kappa shape index (κ3) is 3.11. The quantitative estimate of drug-likeness (QED) is 0.534. The summed E-state index contributed by atoms with van der Waals surface area (Å²) in [6.45, 7) is 0. The molecule has 2 aromatic carbocycles. The molecule has 3 N–H and O–H groups in total. The zero-order valence-electron chi connectivity index (χ0n) is 14.8. The molecule has 1 unspecified atom stereocenters. The lowest BCUT2D eigenvalue weighted by atomic mass is 10.1. The van der Waals surface area contributed by atoms with Crippen LogP contribution in [0, 0.1) is 0 Å². The molecule has 0 saturated carbocycles. The standard InChI is InChI=1S/C20H17ClN6S/c21-14-7-5-12(6-8-14)18-11-28-20-25-24-19(27(20)26-18)16(22)9-13-10-23-17-4-2-1-3-15(13)17/h1-8,10,16,23H,9,11,22H2. The summed E-state index contributed by atoms with van der Waals surface area (Å²) in [5, 5.41) is 16.0. The lowest BCUT2D eigenvalue weighted by molar-refractivity contribution is 0.608. The highest BCUT2D eigenvalue weighted by atomic mass is 35.5. The summed E-state index contributed by atoms with van der Waals surface area (Å²) in [7, 11) is 0. The van der Waals surface area contributed by atoms with Gasteiger partial charge in [0.05, 0.1) is 11.8 Å². The highest BCUT2D eigenvalue weighted by Crippen LogP contribution is 2.28. The molecular formula is C20H17ClN6S. The lowest BCUT2D eigenvalue weighted by Crippen LogP contribution is -2.21. The molecule has 0 amide bonds. The monoisotopic (exact) mass is 408 g/mol. The van der Waals surface area contributed by atoms with E-state index in [1.54, 1.807) is 16.4 Å². The van der Waals surface area contributed by atoms with E-state index in [1.165, 1.54) is 5.39 Å². The van der Waals surface area contributed by atoms with Crippen LogP contribution < -0.4 is 5.73 Å². The van der Waals surface area contributed by atoms with Gasteiger partial charge in [0.2, 0.25) is 5.16 Å². The Bertz CT molecular complexity index is 1180. The van der Waals surface area contributed by atoms with E-state index in [2.05, 4.69) is 27.3 Å². The van der Waals surface area contributed by atoms with Gasteiger partial charge in [0.25, 0.3) is 0 Å². The van der Waals surface area contributed by atoms with E-state index in [1.807, 2.05) is 42.6 Å². The molecule has 0 spiro atoms. The van der Waals surface area contributed by atoms with Gasteiger partial charge in [-0.1, -0.05) is 53.7 Å². The summed E-state index contributed by atoms with van der Waals surface area (Å²) < 4.78 is 1.78. The number of hydrogen-bond acceptors (Lipinski definition) is 5. The van der Waals surface area contributed by atoms with Gasteiger partial charge in [-0.05, 0) is 35.7 Å². The number of fused-ring (bicyclic) bond motifs is 2. The number of nitrogens with two attached hydrogens (primary N) is 1. The van der Waals surface area contributed by atoms with Crippen molar-refractivity contribution in [2.45, 2.75) is 17.6 Å². The maximum Gasteiger partial charge on any atom is 0.212 e. The van der Waals surface area contributed by atoms with Crippen LogP contribution in [0.1, 0.15) is 23.0 Å². The number of H-pyrrole nitrogens is 1. The van der Waals surface area contributed by atoms with Crippen molar-refractivity contribution >= 4 is 40.0 Å². The predicted molar refractivity (Wildman–Crippen MR) is 113 cm³/mol. The van der Waals surface area contributed by atoms with Gasteiger partial charge in [0, 0.05) is 27.9 Å². The van der Waals surface area contributed by atoms with Gasteiger partial charge in [-0.25, -0.2) is 0 Å². The Labute approximate surface area is 170 Å². The maximum atomic E-state index is 6.52. The highest BCUT2D eigenvalue weighted by Gasteiger charge is 2.24. The molecule has 0 radical (unpaired) electrons. The maximum absolute atomic E-state index is 6.52. The molecule has 4 aromatic rings. The fourth-order valence-corrected chi connectivity index (χ4v) is 4.36. The van der Waals surface area contributed by atoms with Crippen LogP contribution in [0.15, 0.2) is 65.0 Å². The van der Waals surface area contributed by atoms with E-state index in [9.17, 15) is 0 Å². The second-order valence-corrected chi connectivity index (χ2v) is 8.04. The number of aromatic amines is 1. The molecule has 0 aliphatic carbocycles. The first-order chi connectivity index (χ1) is 13.7. The molecule has 8 heteroatoms. The van der Waals surface area contributed by atoms with Crippen LogP contribution in [0.25, 0.3) is 10.9 Å². The molecule has 1 aliphatic heterocycles. The first-order valence-electron chi connectivity index (χ1n) is 8.91. The first-order valence-corrected chi connectivity index (χ1v) is 10.3. The zero-order chi connectivity index (χ0) is 19.1. The minimum absolute atomic E-state index is 0.311. The van der Waals surface area contributed by atoms with Crippen LogP contribution in [0.2, 0.25) is 5.02 Å². The number of halogens is 1. The van der Waals surface area contributed by atoms with E-state index in [0.29, 0.717) is 17.3 Å². The molecule has 5 rings (SSSR count). The largest absolute Gasteiger partial charge is 0.361 e. The van der Waals surface area contributed by atoms with Crippen LogP contribution in [0.4, 0.5) is 0 Å². The molecule has 3 heterocycles. The Morgan fingerprint density at radius 3 is 2.82 bits per heavy atom. The second kappa shape index (κ2) is 7.09. The Morgan fingerprint density at radius 2 is 1.96 bits per heavy atom. The molecule has 2 aromatic heterocycles. The Hall–Kier alpha value is -2.61. The topological polar surface area (TPSA) is 84.9 Å². The van der Waals surface area contributed by atoms with Gasteiger partial charge < -0.3 is 10.7 Å². The third-order valence-electron chi connectivity index (χ3n) is 4.82. The number of para-hydroxylation sites is 1. The van der Waals surface area contributed by atoms with Crippen LogP contribution in [-0.2, 0) is 6.42 Å². The number of nitrogens with zero attached hydrogens (tertiary/aromatic N) is 4. The number of nitrogens with one attached hydrogen (secondary N) is 1. The number of rotatable bonds is 4. The van der Waals surface area contributed by atoms with Crippen LogP contribution in [-0.4, -0.2) is 31.3 Å². The van der Waals surface area contributed by atoms with Crippen LogP contribution >= 0.6 is 23.4 Å². The van der Waals surface area contributed by atoms with Crippen LogP contribution in [0.5, 0.6) is 0 Å². The van der Waals surface area contributed by atoms with Gasteiger partial charge in [0.1, 0.15) is 0 Å². The molecule has 28 heavy (non-hydrogen) atoms. The Morgan fingerprint density at radius 1 is 1.14 bits per heavy atom. The average Bonchev–Trinajstić information content (AvgIpc) is 3.32. The molecule has 0 saturated heterocycles. The zero-order valence-corrected chi connectivity index (χ0v) is 16.4. The lowest BCUT2D eigenvalue weighted by Gasteiger charge is -2.16. The third-order valence-corrected chi connectivity index (χ3v) is 6.00. The van der Waals surface area contributed by atoms with Crippen molar-refractivity contribution in [2.24, 2.45) is 10.8 Å². The molecule has 1 aliphatic rings. The van der Waals surface area contributed by atoms with E-state index >= 15 is 0 Å². The predicted octanol–water partition coefficient (Wildman–Crippen LogP) is 4.01. The van der Waals surface area contributed by atoms with Crippen molar-refractivity contribution in [3.63, 3.8) is 0 Å². The Balaban J connectivity index is 1.46. The van der Waals surface area contributed by atoms with Crippen molar-refractivity contribution in [2.75, 3.05) is 5.75 Å². The van der Waals surface area contributed by atoms with Gasteiger partial charge in [-0.2, -0.15) is 9.78 Å². The fourth-order valence-electron chi connectivity index (χ4n) is 3.39. The van der Waals surface area contributed by atoms with Gasteiger partial charge >= 0.3 is 0 Å². The SMILES string of the molecule is NC(Cc1c[nH]c2ccccc12)c1nnc2n1N=C(c1ccc(Cl)cc1)CS2. The molecular weight excluding hydrogens is 392 g/mol. The van der Waals surface area contributed by atoms with Gasteiger partial charge in [-0.15, -0.1) is 10.2 Å². The van der Waals surface area contributed by atoms with E-state index < -0.39 is 0 Å². The first kappa shape index (κ1) is 17.5. The number of benzene rings is 2. The second-order valence-electron chi connectivity index (χ2n) is 6.66. The average molecular weight is 409 g/mol. The normalized spacial score (nSPS) is 14.7. The van der Waals surface area contributed by atoms with E-state index in [-0.39, 0.29) is 6.04 Å². The van der Waals surface area contributed by atoms with Crippen molar-refractivity contribution in [1.82, 2.24) is 19.9 Å².